The number of hydrogen-bond donors (Lipinski definition) is 5. The Morgan fingerprint density at radius 1 is 1.44 bits per heavy atom. The highest BCUT2D eigenvalue weighted by Gasteiger charge is 2.23. The summed E-state index contributed by atoms with van der Waals surface area (Å²) in [5.74, 6) is -1.08. The molecule has 1 aliphatic rings. The van der Waals surface area contributed by atoms with Gasteiger partial charge < -0.3 is 31.6 Å². The van der Waals surface area contributed by atoms with Crippen molar-refractivity contribution in [3.8, 4) is 0 Å². The van der Waals surface area contributed by atoms with E-state index in [-0.39, 0.29) is 23.6 Å². The van der Waals surface area contributed by atoms with Crippen molar-refractivity contribution in [1.29, 1.82) is 5.41 Å². The molecule has 0 aromatic carbocycles. The summed E-state index contributed by atoms with van der Waals surface area (Å²) in [6, 6.07) is 0.594. The smallest absolute Gasteiger partial charge is 0.268 e. The van der Waals surface area contributed by atoms with Crippen LogP contribution in [-0.4, -0.2) is 52.1 Å². The number of likely N-dealkylation sites (N-methyl/N-ethyl adjacent to an activating group) is 1. The Kier molecular flexibility index (Phi) is 6.50. The third-order valence-electron chi connectivity index (χ3n) is 3.88. The minimum absolute atomic E-state index is 0.0469. The van der Waals surface area contributed by atoms with Gasteiger partial charge in [0.25, 0.3) is 5.91 Å². The molecular formula is C17H22N6O4. The van der Waals surface area contributed by atoms with Crippen LogP contribution in [-0.2, 0) is 28.0 Å². The summed E-state index contributed by atoms with van der Waals surface area (Å²) in [5, 5.41) is 26.3. The summed E-state index contributed by atoms with van der Waals surface area (Å²) in [4.78, 5) is 23.6. The molecule has 0 aliphatic heterocycles. The molecule has 27 heavy (non-hydrogen) atoms. The van der Waals surface area contributed by atoms with Gasteiger partial charge >= 0.3 is 0 Å². The van der Waals surface area contributed by atoms with Gasteiger partial charge in [-0.3, -0.25) is 14.3 Å². The van der Waals surface area contributed by atoms with Crippen LogP contribution in [0.5, 0.6) is 0 Å². The number of hydrogen-bond acceptors (Lipinski definition) is 7. The summed E-state index contributed by atoms with van der Waals surface area (Å²) >= 11 is 0. The minimum atomic E-state index is -1.22. The van der Waals surface area contributed by atoms with E-state index >= 15 is 0 Å². The maximum Gasteiger partial charge on any atom is 0.268 e. The van der Waals surface area contributed by atoms with E-state index in [0.717, 1.165) is 5.69 Å². The van der Waals surface area contributed by atoms with Crippen molar-refractivity contribution in [3.63, 3.8) is 0 Å². The van der Waals surface area contributed by atoms with Gasteiger partial charge in [-0.15, -0.1) is 0 Å². The fourth-order valence-electron chi connectivity index (χ4n) is 2.33. The van der Waals surface area contributed by atoms with Gasteiger partial charge in [-0.2, -0.15) is 5.10 Å². The molecule has 0 bridgehead atoms. The van der Waals surface area contributed by atoms with Crippen molar-refractivity contribution >= 4 is 17.5 Å². The van der Waals surface area contributed by atoms with Gasteiger partial charge in [0.2, 0.25) is 5.91 Å². The number of amides is 2. The predicted molar refractivity (Wildman–Crippen MR) is 97.2 cm³/mol. The second kappa shape index (κ2) is 8.81. The zero-order valence-corrected chi connectivity index (χ0v) is 15.0. The van der Waals surface area contributed by atoms with Crippen molar-refractivity contribution in [2.45, 2.75) is 12.6 Å². The number of aryl methyl sites for hydroxylation is 1. The molecule has 6 N–H and O–H groups in total. The molecule has 1 heterocycles. The van der Waals surface area contributed by atoms with Gasteiger partial charge in [-0.25, -0.2) is 0 Å². The number of nitrogens with one attached hydrogen (secondary N) is 3. The first-order chi connectivity index (χ1) is 12.9. The van der Waals surface area contributed by atoms with Crippen LogP contribution < -0.4 is 16.4 Å². The van der Waals surface area contributed by atoms with Crippen molar-refractivity contribution in [2.75, 3.05) is 13.7 Å². The van der Waals surface area contributed by atoms with Crippen molar-refractivity contribution in [1.82, 2.24) is 20.4 Å². The second-order valence-electron chi connectivity index (χ2n) is 5.68. The molecule has 2 rings (SSSR count). The van der Waals surface area contributed by atoms with Crippen LogP contribution in [0.4, 0.5) is 0 Å². The normalized spacial score (nSPS) is 16.4. The van der Waals surface area contributed by atoms with E-state index in [1.54, 1.807) is 30.1 Å². The van der Waals surface area contributed by atoms with Crippen molar-refractivity contribution < 1.29 is 19.4 Å². The summed E-state index contributed by atoms with van der Waals surface area (Å²) in [5.41, 5.74) is 6.39. The Bertz CT molecular complexity index is 836. The number of aliphatic hydroxyl groups is 1. The topological polar surface area (TPSA) is 155 Å². The summed E-state index contributed by atoms with van der Waals surface area (Å²) in [6.07, 6.45) is 6.32. The number of carbonyl (C=O) groups is 2. The van der Waals surface area contributed by atoms with Gasteiger partial charge in [-0.1, -0.05) is 0 Å². The quantitative estimate of drug-likeness (QED) is 0.362. The average Bonchev–Trinajstić information content (AvgIpc) is 3.05. The average molecular weight is 374 g/mol. The van der Waals surface area contributed by atoms with E-state index in [2.05, 4.69) is 15.7 Å². The molecular weight excluding hydrogens is 352 g/mol. The molecule has 1 aliphatic carbocycles. The maximum atomic E-state index is 12.4. The lowest BCUT2D eigenvalue weighted by Gasteiger charge is -2.18. The Hall–Kier alpha value is -3.40. The molecule has 10 nitrogen and oxygen atoms in total. The minimum Gasteiger partial charge on any atom is -0.487 e. The van der Waals surface area contributed by atoms with E-state index in [0.29, 0.717) is 5.76 Å². The van der Waals surface area contributed by atoms with E-state index in [4.69, 9.17) is 21.0 Å². The highest BCUT2D eigenvalue weighted by Crippen LogP contribution is 2.18. The zero-order chi connectivity index (χ0) is 20.0. The number of carbonyl (C=O) groups excluding carboxylic acids is 2. The lowest BCUT2D eigenvalue weighted by Crippen LogP contribution is -2.48. The van der Waals surface area contributed by atoms with Crippen LogP contribution in [0.25, 0.3) is 0 Å². The monoisotopic (exact) mass is 374 g/mol. The van der Waals surface area contributed by atoms with Gasteiger partial charge in [-0.05, 0) is 24.3 Å². The van der Waals surface area contributed by atoms with E-state index in [1.165, 1.54) is 13.1 Å². The number of aliphatic hydroxyl groups excluding tert-OH is 1. The zero-order valence-electron chi connectivity index (χ0n) is 15.0. The summed E-state index contributed by atoms with van der Waals surface area (Å²) in [7, 11) is 3.31. The molecule has 0 saturated heterocycles. The van der Waals surface area contributed by atoms with Crippen LogP contribution in [0.2, 0.25) is 0 Å². The maximum absolute atomic E-state index is 12.4. The molecule has 0 radical (unpaired) electrons. The first-order valence-corrected chi connectivity index (χ1v) is 8.08. The fourth-order valence-corrected chi connectivity index (χ4v) is 2.33. The molecule has 1 atom stereocenters. The van der Waals surface area contributed by atoms with Crippen LogP contribution in [0.15, 0.2) is 47.5 Å². The lowest BCUT2D eigenvalue weighted by atomic mass is 10.0. The third-order valence-corrected chi connectivity index (χ3v) is 3.88. The number of rotatable bonds is 8. The molecule has 0 spiro atoms. The van der Waals surface area contributed by atoms with Gasteiger partial charge in [0, 0.05) is 25.9 Å². The number of ether oxygens (including phenoxy) is 1. The molecule has 1 aromatic heterocycles. The van der Waals surface area contributed by atoms with E-state index in [9.17, 15) is 9.59 Å². The number of aromatic nitrogens is 2. The number of allylic oxidation sites excluding steroid dienone is 4. The lowest BCUT2D eigenvalue weighted by molar-refractivity contribution is -0.126. The summed E-state index contributed by atoms with van der Waals surface area (Å²) < 4.78 is 7.39. The largest absolute Gasteiger partial charge is 0.487 e. The molecule has 1 aromatic rings. The highest BCUT2D eigenvalue weighted by atomic mass is 16.5. The van der Waals surface area contributed by atoms with Crippen molar-refractivity contribution in [3.05, 3.63) is 53.2 Å². The van der Waals surface area contributed by atoms with Gasteiger partial charge in [0.1, 0.15) is 24.1 Å². The number of primary amides is 1. The Labute approximate surface area is 155 Å². The van der Waals surface area contributed by atoms with E-state index < -0.39 is 24.5 Å². The SMILES string of the molecule is CN/C(C(=O)NC(CO)C(N)=O)=C1/C=C(OCc2ccnn2C)C=CC1=N. The standard InChI is InChI=1S/C17H22N6O4/c1-20-15(17(26)22-14(8-24)16(19)25)12-7-11(3-4-13(12)18)27-9-10-5-6-21-23(10)2/h3-7,14,18,20,24H,8-9H2,1-2H3,(H2,19,25)(H,22,26)/b15-12-,18-13?. The van der Waals surface area contributed by atoms with Crippen molar-refractivity contribution in [2.24, 2.45) is 12.8 Å². The molecule has 1 unspecified atom stereocenters. The van der Waals surface area contributed by atoms with Crippen LogP contribution in [0.3, 0.4) is 0 Å². The van der Waals surface area contributed by atoms with E-state index in [1.807, 2.05) is 6.07 Å². The predicted octanol–water partition coefficient (Wildman–Crippen LogP) is -1.15. The molecule has 2 amide bonds. The fraction of sp³-hybridized carbons (Fsp3) is 0.294. The Morgan fingerprint density at radius 2 is 2.19 bits per heavy atom. The summed E-state index contributed by atoms with van der Waals surface area (Å²) in [6.45, 7) is -0.359. The van der Waals surface area contributed by atoms with Crippen LogP contribution in [0, 0.1) is 5.41 Å². The van der Waals surface area contributed by atoms with Crippen LogP contribution in [0.1, 0.15) is 5.69 Å². The molecule has 0 saturated carbocycles. The Morgan fingerprint density at radius 3 is 2.74 bits per heavy atom. The Balaban J connectivity index is 2.22. The second-order valence-corrected chi connectivity index (χ2v) is 5.68. The van der Waals surface area contributed by atoms with Gasteiger partial charge in [0.05, 0.1) is 18.0 Å². The first kappa shape index (κ1) is 19.9. The molecule has 144 valence electrons. The third kappa shape index (κ3) is 4.82. The highest BCUT2D eigenvalue weighted by molar-refractivity contribution is 6.14. The first-order valence-electron chi connectivity index (χ1n) is 8.08. The van der Waals surface area contributed by atoms with Gasteiger partial charge in [0.15, 0.2) is 0 Å². The molecule has 0 fully saturated rings. The molecule has 10 heteroatoms. The number of nitrogens with two attached hydrogens (primary N) is 1. The number of nitrogens with zero attached hydrogens (tertiary/aromatic N) is 2. The van der Waals surface area contributed by atoms with Crippen LogP contribution >= 0.6 is 0 Å².